The van der Waals surface area contributed by atoms with Gasteiger partial charge in [0.2, 0.25) is 0 Å². The van der Waals surface area contributed by atoms with Gasteiger partial charge in [-0.25, -0.2) is 0 Å². The first-order valence-electron chi connectivity index (χ1n) is 2.87. The van der Waals surface area contributed by atoms with Gasteiger partial charge in [0.25, 0.3) is 0 Å². The highest BCUT2D eigenvalue weighted by Crippen LogP contribution is 2.32. The zero-order valence-electron chi connectivity index (χ0n) is 4.43. The maximum absolute atomic E-state index is 8.31. The predicted octanol–water partition coefficient (Wildman–Crippen LogP) is 0.983. The molecule has 1 nitrogen and oxygen atoms in total. The van der Waals surface area contributed by atoms with Gasteiger partial charge in [0.15, 0.2) is 0 Å². The summed E-state index contributed by atoms with van der Waals surface area (Å²) in [5.41, 5.74) is 0. The highest BCUT2D eigenvalue weighted by Gasteiger charge is 2.19. The van der Waals surface area contributed by atoms with E-state index in [1.807, 2.05) is 0 Å². The summed E-state index contributed by atoms with van der Waals surface area (Å²) in [6.45, 7) is 0.330. The van der Waals surface area contributed by atoms with Crippen molar-refractivity contribution in [3.8, 4) is 0 Å². The molecule has 0 aliphatic heterocycles. The van der Waals surface area contributed by atoms with Crippen LogP contribution in [0, 0.1) is 12.3 Å². The highest BCUT2D eigenvalue weighted by atomic mass is 16.2. The van der Waals surface area contributed by atoms with Crippen molar-refractivity contribution in [1.29, 1.82) is 0 Å². The van der Waals surface area contributed by atoms with Crippen molar-refractivity contribution in [1.82, 2.24) is 0 Å². The van der Waals surface area contributed by atoms with Crippen molar-refractivity contribution in [3.63, 3.8) is 0 Å². The molecule has 0 aromatic heterocycles. The largest absolute Gasteiger partial charge is 0.396 e. The van der Waals surface area contributed by atoms with E-state index in [0.29, 0.717) is 6.61 Å². The fourth-order valence-corrected chi connectivity index (χ4v) is 0.642. The molecule has 1 aliphatic rings. The van der Waals surface area contributed by atoms with Crippen molar-refractivity contribution in [2.75, 3.05) is 6.61 Å². The third-order valence-corrected chi connectivity index (χ3v) is 1.25. The van der Waals surface area contributed by atoms with Gasteiger partial charge in [-0.15, -0.1) is 0 Å². The average molecular weight is 99.2 g/mol. The molecule has 0 saturated heterocycles. The molecule has 0 unspecified atom stereocenters. The third kappa shape index (κ3) is 1.93. The van der Waals surface area contributed by atoms with Gasteiger partial charge in [-0.05, 0) is 31.6 Å². The Balaban J connectivity index is 1.80. The summed E-state index contributed by atoms with van der Waals surface area (Å²) in [7, 11) is 0. The Morgan fingerprint density at radius 1 is 1.57 bits per heavy atom. The van der Waals surface area contributed by atoms with Crippen LogP contribution in [0.3, 0.4) is 0 Å². The Kier molecular flexibility index (Phi) is 1.69. The van der Waals surface area contributed by atoms with Gasteiger partial charge in [0, 0.05) is 6.61 Å². The summed E-state index contributed by atoms with van der Waals surface area (Å²) < 4.78 is 0. The van der Waals surface area contributed by atoms with E-state index in [0.717, 1.165) is 12.3 Å². The maximum atomic E-state index is 8.31. The van der Waals surface area contributed by atoms with Crippen LogP contribution in [0.25, 0.3) is 0 Å². The van der Waals surface area contributed by atoms with E-state index < -0.39 is 0 Å². The molecule has 41 valence electrons. The van der Waals surface area contributed by atoms with Crippen LogP contribution in [0.2, 0.25) is 0 Å². The van der Waals surface area contributed by atoms with E-state index in [-0.39, 0.29) is 0 Å². The summed E-state index contributed by atoms with van der Waals surface area (Å²) in [4.78, 5) is 0. The van der Waals surface area contributed by atoms with Gasteiger partial charge in [0.05, 0.1) is 0 Å². The lowest BCUT2D eigenvalue weighted by molar-refractivity contribution is 0.296. The molecule has 7 heavy (non-hydrogen) atoms. The number of aliphatic hydroxyl groups excluding tert-OH is 1. The summed E-state index contributed by atoms with van der Waals surface area (Å²) >= 11 is 0. The van der Waals surface area contributed by atoms with Gasteiger partial charge >= 0.3 is 0 Å². The number of hydrogen-bond acceptors (Lipinski definition) is 1. The van der Waals surface area contributed by atoms with E-state index in [1.165, 1.54) is 12.8 Å². The number of rotatable bonds is 3. The van der Waals surface area contributed by atoms with Crippen molar-refractivity contribution in [3.05, 3.63) is 6.42 Å². The minimum Gasteiger partial charge on any atom is -0.396 e. The third-order valence-electron chi connectivity index (χ3n) is 1.25. The van der Waals surface area contributed by atoms with Gasteiger partial charge in [-0.1, -0.05) is 0 Å². The molecule has 1 fully saturated rings. The second-order valence-electron chi connectivity index (χ2n) is 2.09. The van der Waals surface area contributed by atoms with E-state index in [4.69, 9.17) is 5.11 Å². The van der Waals surface area contributed by atoms with Crippen molar-refractivity contribution in [2.24, 2.45) is 5.92 Å². The molecule has 0 bridgehead atoms. The molecule has 0 spiro atoms. The molecule has 1 radical (unpaired) electrons. The van der Waals surface area contributed by atoms with E-state index in [2.05, 4.69) is 6.42 Å². The minimum absolute atomic E-state index is 0.330. The molecule has 1 saturated carbocycles. The van der Waals surface area contributed by atoms with Gasteiger partial charge in [-0.3, -0.25) is 0 Å². The Hall–Kier alpha value is -0.0400. The van der Waals surface area contributed by atoms with Crippen molar-refractivity contribution >= 4 is 0 Å². The zero-order valence-corrected chi connectivity index (χ0v) is 4.43. The van der Waals surface area contributed by atoms with Gasteiger partial charge < -0.3 is 5.11 Å². The molecule has 0 amide bonds. The second-order valence-corrected chi connectivity index (χ2v) is 2.09. The quantitative estimate of drug-likeness (QED) is 0.559. The molecule has 0 aromatic rings. The van der Waals surface area contributed by atoms with E-state index >= 15 is 0 Å². The van der Waals surface area contributed by atoms with E-state index in [9.17, 15) is 0 Å². The zero-order chi connectivity index (χ0) is 5.11. The first kappa shape index (κ1) is 5.10. The van der Waals surface area contributed by atoms with Crippen molar-refractivity contribution < 1.29 is 5.11 Å². The summed E-state index contributed by atoms with van der Waals surface area (Å²) in [5.74, 6) is 0.868. The standard InChI is InChI=1S/C6H11O/c7-5-1-2-6-3-4-6/h2,6-7H,1,3-5H2. The van der Waals surface area contributed by atoms with Crippen LogP contribution in [0.15, 0.2) is 0 Å². The molecule has 0 heterocycles. The number of hydrogen-bond donors (Lipinski definition) is 1. The normalized spacial score (nSPS) is 20.1. The minimum atomic E-state index is 0.330. The molecule has 1 heteroatoms. The molecule has 1 N–H and O–H groups in total. The molecule has 0 atom stereocenters. The molecule has 1 aliphatic carbocycles. The van der Waals surface area contributed by atoms with Crippen LogP contribution < -0.4 is 0 Å². The highest BCUT2D eigenvalue weighted by molar-refractivity contribution is 4.86. The van der Waals surface area contributed by atoms with Gasteiger partial charge in [0.1, 0.15) is 0 Å². The Labute approximate surface area is 44.4 Å². The van der Waals surface area contributed by atoms with Crippen LogP contribution in [-0.2, 0) is 0 Å². The van der Waals surface area contributed by atoms with Gasteiger partial charge in [-0.2, -0.15) is 0 Å². The fraction of sp³-hybridized carbons (Fsp3) is 0.833. The summed E-state index contributed by atoms with van der Waals surface area (Å²) in [6, 6.07) is 0. The Bertz CT molecular complexity index is 48.1. The lowest BCUT2D eigenvalue weighted by atomic mass is 10.2. The van der Waals surface area contributed by atoms with Crippen LogP contribution in [-0.4, -0.2) is 11.7 Å². The lowest BCUT2D eigenvalue weighted by Crippen LogP contribution is -1.83. The van der Waals surface area contributed by atoms with Crippen LogP contribution >= 0.6 is 0 Å². The molecule has 1 rings (SSSR count). The molecular formula is C6H11O. The maximum Gasteiger partial charge on any atom is 0.0433 e. The first-order valence-corrected chi connectivity index (χ1v) is 2.87. The van der Waals surface area contributed by atoms with Crippen LogP contribution in [0.4, 0.5) is 0 Å². The lowest BCUT2D eigenvalue weighted by Gasteiger charge is -1.87. The summed E-state index contributed by atoms with van der Waals surface area (Å²) in [5, 5.41) is 8.31. The smallest absolute Gasteiger partial charge is 0.0433 e. The SMILES string of the molecule is OCC[CH]C1CC1. The van der Waals surface area contributed by atoms with Crippen LogP contribution in [0.5, 0.6) is 0 Å². The van der Waals surface area contributed by atoms with Crippen LogP contribution in [0.1, 0.15) is 19.3 Å². The Morgan fingerprint density at radius 3 is 2.71 bits per heavy atom. The second kappa shape index (κ2) is 2.31. The Morgan fingerprint density at radius 2 is 2.29 bits per heavy atom. The van der Waals surface area contributed by atoms with E-state index in [1.54, 1.807) is 0 Å². The number of aliphatic hydroxyl groups is 1. The van der Waals surface area contributed by atoms with Crippen molar-refractivity contribution in [2.45, 2.75) is 19.3 Å². The summed E-state index contributed by atoms with van der Waals surface area (Å²) in [6.07, 6.45) is 5.82. The monoisotopic (exact) mass is 99.1 g/mol. The average Bonchev–Trinajstić information content (AvgIpc) is 2.42. The predicted molar refractivity (Wildman–Crippen MR) is 28.7 cm³/mol. The molecular weight excluding hydrogens is 88.1 g/mol. The first-order chi connectivity index (χ1) is 3.43. The topological polar surface area (TPSA) is 20.2 Å². The fourth-order valence-electron chi connectivity index (χ4n) is 0.642. The molecule has 0 aromatic carbocycles.